The Labute approximate surface area is 117 Å². The summed E-state index contributed by atoms with van der Waals surface area (Å²) in [4.78, 5) is 23.5. The van der Waals surface area contributed by atoms with Crippen LogP contribution in [0.2, 0.25) is 0 Å². The molecule has 0 fully saturated rings. The van der Waals surface area contributed by atoms with Crippen LogP contribution in [0.4, 0.5) is 0 Å². The second-order valence-electron chi connectivity index (χ2n) is 5.28. The Balaban J connectivity index is 2.54. The van der Waals surface area contributed by atoms with Crippen molar-refractivity contribution in [2.75, 3.05) is 6.61 Å². The zero-order valence-corrected chi connectivity index (χ0v) is 11.6. The van der Waals surface area contributed by atoms with E-state index in [9.17, 15) is 14.7 Å². The van der Waals surface area contributed by atoms with Gasteiger partial charge in [0.25, 0.3) is 5.56 Å². The highest BCUT2D eigenvalue weighted by Crippen LogP contribution is 2.20. The highest BCUT2D eigenvalue weighted by Gasteiger charge is 2.19. The number of carboxylic acids is 1. The molecule has 1 aliphatic rings. The molecule has 0 saturated heterocycles. The van der Waals surface area contributed by atoms with Gasteiger partial charge >= 0.3 is 5.97 Å². The van der Waals surface area contributed by atoms with Gasteiger partial charge in [-0.2, -0.15) is 0 Å². The van der Waals surface area contributed by atoms with E-state index in [4.69, 9.17) is 5.11 Å². The molecule has 2 rings (SSSR count). The van der Waals surface area contributed by atoms with E-state index in [0.717, 1.165) is 49.8 Å². The maximum atomic E-state index is 12.3. The smallest absolute Gasteiger partial charge is 0.341 e. The van der Waals surface area contributed by atoms with Gasteiger partial charge in [-0.25, -0.2) is 4.79 Å². The lowest BCUT2D eigenvalue weighted by Gasteiger charge is -2.20. The van der Waals surface area contributed by atoms with Crippen molar-refractivity contribution in [1.29, 1.82) is 0 Å². The number of aliphatic hydroxyl groups excluding tert-OH is 1. The van der Waals surface area contributed by atoms with Crippen LogP contribution >= 0.6 is 0 Å². The van der Waals surface area contributed by atoms with E-state index in [0.29, 0.717) is 13.0 Å². The van der Waals surface area contributed by atoms with Gasteiger partial charge in [-0.1, -0.05) is 12.8 Å². The Morgan fingerprint density at radius 1 is 1.20 bits per heavy atom. The van der Waals surface area contributed by atoms with Crippen LogP contribution in [0.15, 0.2) is 10.9 Å². The molecule has 0 aliphatic heterocycles. The molecule has 1 aromatic rings. The van der Waals surface area contributed by atoms with E-state index in [-0.39, 0.29) is 12.2 Å². The Bertz CT molecular complexity index is 548. The molecule has 1 aliphatic carbocycles. The van der Waals surface area contributed by atoms with Gasteiger partial charge in [0.15, 0.2) is 0 Å². The highest BCUT2D eigenvalue weighted by molar-refractivity contribution is 5.87. The van der Waals surface area contributed by atoms with Crippen LogP contribution in [0.5, 0.6) is 0 Å². The molecule has 2 N–H and O–H groups in total. The van der Waals surface area contributed by atoms with Crippen LogP contribution in [0.1, 0.15) is 53.7 Å². The first-order valence-electron chi connectivity index (χ1n) is 7.25. The van der Waals surface area contributed by atoms with E-state index in [1.165, 1.54) is 0 Å². The average Bonchev–Trinajstić information content (AvgIpc) is 2.39. The molecule has 5 heteroatoms. The standard InChI is InChI=1S/C15H21NO4/c17-9-5-8-16-13-7-4-2-1-3-6-11(13)10-12(14(16)18)15(19)20/h10,17H,1-9H2,(H,19,20). The number of aliphatic hydroxyl groups is 1. The molecule has 0 spiro atoms. The van der Waals surface area contributed by atoms with Crippen molar-refractivity contribution in [2.45, 2.75) is 51.5 Å². The number of carbonyl (C=O) groups is 1. The van der Waals surface area contributed by atoms with E-state index < -0.39 is 11.5 Å². The first kappa shape index (κ1) is 14.8. The number of pyridine rings is 1. The van der Waals surface area contributed by atoms with Gasteiger partial charge in [-0.15, -0.1) is 0 Å². The number of aromatic nitrogens is 1. The van der Waals surface area contributed by atoms with Crippen molar-refractivity contribution in [2.24, 2.45) is 0 Å². The molecule has 20 heavy (non-hydrogen) atoms. The van der Waals surface area contributed by atoms with Crippen molar-refractivity contribution in [1.82, 2.24) is 4.57 Å². The Morgan fingerprint density at radius 2 is 1.90 bits per heavy atom. The fourth-order valence-corrected chi connectivity index (χ4v) is 2.85. The molecular weight excluding hydrogens is 258 g/mol. The summed E-state index contributed by atoms with van der Waals surface area (Å²) in [6, 6.07) is 1.56. The topological polar surface area (TPSA) is 79.5 Å². The second-order valence-corrected chi connectivity index (χ2v) is 5.28. The van der Waals surface area contributed by atoms with E-state index in [1.54, 1.807) is 10.6 Å². The lowest BCUT2D eigenvalue weighted by Crippen LogP contribution is -2.31. The lowest BCUT2D eigenvalue weighted by molar-refractivity contribution is 0.0694. The molecule has 1 heterocycles. The number of hydrogen-bond donors (Lipinski definition) is 2. The normalized spacial score (nSPS) is 15.2. The van der Waals surface area contributed by atoms with Crippen molar-refractivity contribution < 1.29 is 15.0 Å². The molecule has 0 aromatic carbocycles. The van der Waals surface area contributed by atoms with Crippen molar-refractivity contribution in [3.8, 4) is 0 Å². The van der Waals surface area contributed by atoms with Gasteiger partial charge in [-0.05, 0) is 43.7 Å². The summed E-state index contributed by atoms with van der Waals surface area (Å²) >= 11 is 0. The van der Waals surface area contributed by atoms with Crippen LogP contribution < -0.4 is 5.56 Å². The average molecular weight is 279 g/mol. The summed E-state index contributed by atoms with van der Waals surface area (Å²) in [5, 5.41) is 18.2. The van der Waals surface area contributed by atoms with Gasteiger partial charge in [-0.3, -0.25) is 4.79 Å². The highest BCUT2D eigenvalue weighted by atomic mass is 16.4. The molecule has 0 amide bonds. The van der Waals surface area contributed by atoms with Gasteiger partial charge in [0.1, 0.15) is 5.56 Å². The fraction of sp³-hybridized carbons (Fsp3) is 0.600. The molecule has 5 nitrogen and oxygen atoms in total. The number of rotatable bonds is 4. The third-order valence-corrected chi connectivity index (χ3v) is 3.87. The van der Waals surface area contributed by atoms with Gasteiger partial charge in [0.05, 0.1) is 0 Å². The Hall–Kier alpha value is -1.62. The van der Waals surface area contributed by atoms with E-state index >= 15 is 0 Å². The van der Waals surface area contributed by atoms with Crippen molar-refractivity contribution in [3.05, 3.63) is 33.2 Å². The minimum atomic E-state index is -1.17. The van der Waals surface area contributed by atoms with Gasteiger partial charge < -0.3 is 14.8 Å². The van der Waals surface area contributed by atoms with Crippen LogP contribution in [0.25, 0.3) is 0 Å². The predicted octanol–water partition coefficient (Wildman–Crippen LogP) is 1.59. The number of aromatic carboxylic acids is 1. The fourth-order valence-electron chi connectivity index (χ4n) is 2.85. The first-order valence-corrected chi connectivity index (χ1v) is 7.25. The quantitative estimate of drug-likeness (QED) is 0.877. The van der Waals surface area contributed by atoms with Gasteiger partial charge in [0, 0.05) is 18.8 Å². The molecule has 1 aromatic heterocycles. The minimum Gasteiger partial charge on any atom is -0.477 e. The minimum absolute atomic E-state index is 0.00148. The summed E-state index contributed by atoms with van der Waals surface area (Å²) < 4.78 is 1.57. The van der Waals surface area contributed by atoms with Crippen LogP contribution in [-0.4, -0.2) is 27.4 Å². The SMILES string of the molecule is O=C(O)c1cc2c(n(CCCO)c1=O)CCCCCC2. The maximum Gasteiger partial charge on any atom is 0.341 e. The lowest BCUT2D eigenvalue weighted by atomic mass is 9.95. The largest absolute Gasteiger partial charge is 0.477 e. The van der Waals surface area contributed by atoms with Gasteiger partial charge in [0.2, 0.25) is 0 Å². The zero-order valence-electron chi connectivity index (χ0n) is 11.6. The zero-order chi connectivity index (χ0) is 14.5. The molecule has 110 valence electrons. The molecule has 0 saturated carbocycles. The monoisotopic (exact) mass is 279 g/mol. The Morgan fingerprint density at radius 3 is 2.55 bits per heavy atom. The molecule has 0 atom stereocenters. The molecule has 0 bridgehead atoms. The first-order chi connectivity index (χ1) is 9.65. The maximum absolute atomic E-state index is 12.3. The summed E-state index contributed by atoms with van der Waals surface area (Å²) in [7, 11) is 0. The summed E-state index contributed by atoms with van der Waals surface area (Å²) in [6.07, 6.45) is 6.47. The van der Waals surface area contributed by atoms with Crippen molar-refractivity contribution in [3.63, 3.8) is 0 Å². The summed E-state index contributed by atoms with van der Waals surface area (Å²) in [5.41, 5.74) is 1.36. The molecule has 0 unspecified atom stereocenters. The Kier molecular flexibility index (Phi) is 4.95. The second kappa shape index (κ2) is 6.70. The number of hydrogen-bond acceptors (Lipinski definition) is 3. The molecule has 0 radical (unpaired) electrons. The summed E-state index contributed by atoms with van der Waals surface area (Å²) in [6.45, 7) is 0.386. The van der Waals surface area contributed by atoms with Crippen molar-refractivity contribution >= 4 is 5.97 Å². The van der Waals surface area contributed by atoms with Crippen LogP contribution in [0, 0.1) is 0 Å². The van der Waals surface area contributed by atoms with Crippen LogP contribution in [0.3, 0.4) is 0 Å². The number of nitrogens with zero attached hydrogens (tertiary/aromatic N) is 1. The number of aryl methyl sites for hydroxylation is 1. The summed E-state index contributed by atoms with van der Waals surface area (Å²) in [5.74, 6) is -1.17. The predicted molar refractivity (Wildman–Crippen MR) is 75.2 cm³/mol. The third-order valence-electron chi connectivity index (χ3n) is 3.87. The molecular formula is C15H21NO4. The van der Waals surface area contributed by atoms with Crippen LogP contribution in [-0.2, 0) is 19.4 Å². The number of carboxylic acid groups (broad SMARTS) is 1. The number of fused-ring (bicyclic) bond motifs is 1. The van der Waals surface area contributed by atoms with E-state index in [1.807, 2.05) is 0 Å². The third kappa shape index (κ3) is 3.10. The van der Waals surface area contributed by atoms with E-state index in [2.05, 4.69) is 0 Å².